The Kier molecular flexibility index (Phi) is 6.34. The van der Waals surface area contributed by atoms with Gasteiger partial charge in [-0.3, -0.25) is 9.69 Å². The number of fused-ring (bicyclic) bond motifs is 1. The summed E-state index contributed by atoms with van der Waals surface area (Å²) in [6.45, 7) is 6.21. The first-order valence-corrected chi connectivity index (χ1v) is 10.4. The van der Waals surface area contributed by atoms with E-state index in [0.717, 1.165) is 58.7 Å². The molecule has 154 valence electrons. The molecule has 1 aromatic rings. The van der Waals surface area contributed by atoms with E-state index in [1.54, 1.807) is 6.07 Å². The van der Waals surface area contributed by atoms with Gasteiger partial charge in [0, 0.05) is 44.4 Å². The van der Waals surface area contributed by atoms with E-state index in [-0.39, 0.29) is 12.5 Å². The third-order valence-electron chi connectivity index (χ3n) is 6.02. The molecule has 0 bridgehead atoms. The minimum atomic E-state index is 0.0476. The summed E-state index contributed by atoms with van der Waals surface area (Å²) in [6, 6.07) is 5.91. The molecule has 0 aromatic heterocycles. The number of morpholine rings is 1. The number of piperidine rings is 1. The predicted octanol–water partition coefficient (Wildman–Crippen LogP) is 1.39. The van der Waals surface area contributed by atoms with Crippen LogP contribution >= 0.6 is 0 Å². The number of aliphatic hydroxyl groups excluding tert-OH is 1. The number of carbonyl (C=O) groups is 1. The summed E-state index contributed by atoms with van der Waals surface area (Å²) in [5, 5.41) is 9.32. The van der Waals surface area contributed by atoms with Crippen molar-refractivity contribution in [3.8, 4) is 11.5 Å². The highest BCUT2D eigenvalue weighted by Gasteiger charge is 2.35. The number of likely N-dealkylation sites (tertiary alicyclic amines) is 1. The van der Waals surface area contributed by atoms with E-state index >= 15 is 0 Å². The van der Waals surface area contributed by atoms with Crippen molar-refractivity contribution in [1.29, 1.82) is 0 Å². The van der Waals surface area contributed by atoms with Gasteiger partial charge in [-0.2, -0.15) is 0 Å². The van der Waals surface area contributed by atoms with Crippen LogP contribution in [0.4, 0.5) is 0 Å². The minimum absolute atomic E-state index is 0.0476. The summed E-state index contributed by atoms with van der Waals surface area (Å²) in [5.74, 6) is 1.78. The van der Waals surface area contributed by atoms with Gasteiger partial charge < -0.3 is 24.2 Å². The van der Waals surface area contributed by atoms with Crippen LogP contribution in [0.2, 0.25) is 0 Å². The van der Waals surface area contributed by atoms with Crippen molar-refractivity contribution in [2.24, 2.45) is 5.92 Å². The highest BCUT2D eigenvalue weighted by Crippen LogP contribution is 2.32. The first kappa shape index (κ1) is 19.5. The Hall–Kier alpha value is -1.83. The summed E-state index contributed by atoms with van der Waals surface area (Å²) in [7, 11) is 0. The Morgan fingerprint density at radius 2 is 1.86 bits per heavy atom. The molecule has 7 nitrogen and oxygen atoms in total. The second-order valence-corrected chi connectivity index (χ2v) is 7.74. The normalized spacial score (nSPS) is 25.5. The van der Waals surface area contributed by atoms with E-state index in [9.17, 15) is 9.90 Å². The number of carbonyl (C=O) groups excluding carboxylic acids is 1. The van der Waals surface area contributed by atoms with Crippen molar-refractivity contribution in [2.45, 2.75) is 25.3 Å². The topological polar surface area (TPSA) is 71.5 Å². The zero-order valence-corrected chi connectivity index (χ0v) is 16.3. The van der Waals surface area contributed by atoms with E-state index in [1.165, 1.54) is 0 Å². The number of hydrogen-bond acceptors (Lipinski definition) is 6. The quantitative estimate of drug-likeness (QED) is 0.819. The van der Waals surface area contributed by atoms with Crippen molar-refractivity contribution in [3.05, 3.63) is 23.8 Å². The van der Waals surface area contributed by atoms with Crippen molar-refractivity contribution < 1.29 is 24.1 Å². The van der Waals surface area contributed by atoms with E-state index in [1.807, 2.05) is 17.0 Å². The Labute approximate surface area is 166 Å². The van der Waals surface area contributed by atoms with E-state index in [2.05, 4.69) is 4.90 Å². The fraction of sp³-hybridized carbons (Fsp3) is 0.667. The molecule has 0 aliphatic carbocycles. The molecule has 2 unspecified atom stereocenters. The summed E-state index contributed by atoms with van der Waals surface area (Å²) >= 11 is 0. The van der Waals surface area contributed by atoms with Crippen LogP contribution < -0.4 is 9.47 Å². The molecule has 28 heavy (non-hydrogen) atoms. The Morgan fingerprint density at radius 3 is 2.64 bits per heavy atom. The molecule has 3 heterocycles. The first-order valence-electron chi connectivity index (χ1n) is 10.4. The van der Waals surface area contributed by atoms with Crippen molar-refractivity contribution in [2.75, 3.05) is 59.2 Å². The van der Waals surface area contributed by atoms with Gasteiger partial charge in [-0.15, -0.1) is 0 Å². The predicted molar refractivity (Wildman–Crippen MR) is 104 cm³/mol. The number of amides is 1. The summed E-state index contributed by atoms with van der Waals surface area (Å²) in [4.78, 5) is 17.6. The average molecular weight is 390 g/mol. The van der Waals surface area contributed by atoms with E-state index in [4.69, 9.17) is 14.2 Å². The van der Waals surface area contributed by atoms with Crippen molar-refractivity contribution in [3.63, 3.8) is 0 Å². The van der Waals surface area contributed by atoms with E-state index in [0.29, 0.717) is 42.2 Å². The lowest BCUT2D eigenvalue weighted by Crippen LogP contribution is -2.55. The second kappa shape index (κ2) is 9.11. The third kappa shape index (κ3) is 4.26. The zero-order valence-electron chi connectivity index (χ0n) is 16.3. The highest BCUT2D eigenvalue weighted by atomic mass is 16.6. The lowest BCUT2D eigenvalue weighted by atomic mass is 9.86. The number of aliphatic hydroxyl groups is 1. The van der Waals surface area contributed by atoms with Crippen LogP contribution in [0, 0.1) is 5.92 Å². The Bertz CT molecular complexity index is 677. The van der Waals surface area contributed by atoms with Crippen LogP contribution in [0.3, 0.4) is 0 Å². The highest BCUT2D eigenvalue weighted by molar-refractivity contribution is 5.95. The SMILES string of the molecule is O=C(c1ccc2c(c1)OCCO2)N1CCC(N2CCOCC2)C(CCCO)C1. The van der Waals surface area contributed by atoms with Gasteiger partial charge in [0.05, 0.1) is 13.2 Å². The molecule has 0 radical (unpaired) electrons. The number of nitrogens with zero attached hydrogens (tertiary/aromatic N) is 2. The van der Waals surface area contributed by atoms with Crippen molar-refractivity contribution in [1.82, 2.24) is 9.80 Å². The maximum atomic E-state index is 13.1. The van der Waals surface area contributed by atoms with Crippen LogP contribution in [0.5, 0.6) is 11.5 Å². The molecule has 3 aliphatic heterocycles. The van der Waals surface area contributed by atoms with Gasteiger partial charge >= 0.3 is 0 Å². The molecule has 2 atom stereocenters. The molecule has 0 spiro atoms. The van der Waals surface area contributed by atoms with Crippen LogP contribution in [-0.4, -0.2) is 86.1 Å². The molecule has 2 fully saturated rings. The molecule has 1 aromatic carbocycles. The molecule has 7 heteroatoms. The molecule has 2 saturated heterocycles. The summed E-state index contributed by atoms with van der Waals surface area (Å²) in [5.41, 5.74) is 0.648. The fourth-order valence-corrected chi connectivity index (χ4v) is 4.59. The molecule has 1 amide bonds. The van der Waals surface area contributed by atoms with Gasteiger partial charge in [0.1, 0.15) is 13.2 Å². The van der Waals surface area contributed by atoms with Crippen LogP contribution in [-0.2, 0) is 4.74 Å². The summed E-state index contributed by atoms with van der Waals surface area (Å²) < 4.78 is 16.7. The molecule has 0 saturated carbocycles. The third-order valence-corrected chi connectivity index (χ3v) is 6.02. The average Bonchev–Trinajstić information content (AvgIpc) is 2.77. The maximum Gasteiger partial charge on any atom is 0.254 e. The molecular formula is C21H30N2O5. The number of benzene rings is 1. The minimum Gasteiger partial charge on any atom is -0.486 e. The van der Waals surface area contributed by atoms with E-state index < -0.39 is 0 Å². The summed E-state index contributed by atoms with van der Waals surface area (Å²) in [6.07, 6.45) is 2.67. The molecule has 4 rings (SSSR count). The van der Waals surface area contributed by atoms with Gasteiger partial charge in [-0.05, 0) is 43.4 Å². The second-order valence-electron chi connectivity index (χ2n) is 7.74. The maximum absolute atomic E-state index is 13.1. The standard InChI is InChI=1S/C21H30N2O5/c24-9-1-2-17-15-23(6-5-18(17)22-7-10-26-11-8-22)21(25)16-3-4-19-20(14-16)28-13-12-27-19/h3-4,14,17-18,24H,1-2,5-13,15H2. The zero-order chi connectivity index (χ0) is 19.3. The van der Waals surface area contributed by atoms with Gasteiger partial charge in [0.2, 0.25) is 0 Å². The van der Waals surface area contributed by atoms with Gasteiger partial charge in [-0.25, -0.2) is 0 Å². The Morgan fingerprint density at radius 1 is 1.07 bits per heavy atom. The van der Waals surface area contributed by atoms with Crippen LogP contribution in [0.1, 0.15) is 29.6 Å². The largest absolute Gasteiger partial charge is 0.486 e. The van der Waals surface area contributed by atoms with Crippen molar-refractivity contribution >= 4 is 5.91 Å². The van der Waals surface area contributed by atoms with Gasteiger partial charge in [-0.1, -0.05) is 0 Å². The molecular weight excluding hydrogens is 360 g/mol. The van der Waals surface area contributed by atoms with Gasteiger partial charge in [0.25, 0.3) is 5.91 Å². The first-order chi connectivity index (χ1) is 13.8. The Balaban J connectivity index is 1.45. The smallest absolute Gasteiger partial charge is 0.254 e. The lowest BCUT2D eigenvalue weighted by molar-refractivity contribution is -0.0196. The number of ether oxygens (including phenoxy) is 3. The fourth-order valence-electron chi connectivity index (χ4n) is 4.59. The number of hydrogen-bond donors (Lipinski definition) is 1. The van der Waals surface area contributed by atoms with Gasteiger partial charge in [0.15, 0.2) is 11.5 Å². The lowest BCUT2D eigenvalue weighted by Gasteiger charge is -2.45. The monoisotopic (exact) mass is 390 g/mol. The molecule has 1 N–H and O–H groups in total. The molecule has 3 aliphatic rings. The van der Waals surface area contributed by atoms with Crippen LogP contribution in [0.25, 0.3) is 0 Å². The number of rotatable bonds is 5. The van der Waals surface area contributed by atoms with Crippen LogP contribution in [0.15, 0.2) is 18.2 Å².